The van der Waals surface area contributed by atoms with E-state index in [1.807, 2.05) is 24.9 Å². The van der Waals surface area contributed by atoms with Crippen molar-refractivity contribution in [3.63, 3.8) is 0 Å². The molecule has 2 amide bonds. The molecule has 2 atom stereocenters. The molecule has 1 aliphatic rings. The molecule has 1 aromatic rings. The van der Waals surface area contributed by atoms with Crippen LogP contribution in [0.4, 0.5) is 0 Å². The zero-order valence-electron chi connectivity index (χ0n) is 15.7. The van der Waals surface area contributed by atoms with Crippen LogP contribution in [0.3, 0.4) is 0 Å². The molecule has 1 saturated heterocycles. The van der Waals surface area contributed by atoms with Gasteiger partial charge in [-0.05, 0) is 31.7 Å². The number of benzene rings is 1. The first kappa shape index (κ1) is 19.4. The van der Waals surface area contributed by atoms with Crippen molar-refractivity contribution in [3.05, 3.63) is 35.9 Å². The zero-order valence-corrected chi connectivity index (χ0v) is 15.7. The summed E-state index contributed by atoms with van der Waals surface area (Å²) in [6, 6.07) is 11.2. The van der Waals surface area contributed by atoms with Gasteiger partial charge in [-0.1, -0.05) is 37.3 Å². The quantitative estimate of drug-likeness (QED) is 0.826. The maximum atomic E-state index is 12.3. The highest BCUT2D eigenvalue weighted by Crippen LogP contribution is 2.23. The van der Waals surface area contributed by atoms with E-state index in [9.17, 15) is 9.59 Å². The van der Waals surface area contributed by atoms with Crippen molar-refractivity contribution in [2.75, 3.05) is 20.1 Å². The largest absolute Gasteiger partial charge is 0.347 e. The summed E-state index contributed by atoms with van der Waals surface area (Å²) in [5, 5.41) is 2.72. The van der Waals surface area contributed by atoms with Crippen LogP contribution < -0.4 is 5.32 Å². The van der Waals surface area contributed by atoms with Crippen molar-refractivity contribution in [2.45, 2.75) is 58.2 Å². The second-order valence-corrected chi connectivity index (χ2v) is 7.01. The second-order valence-electron chi connectivity index (χ2n) is 7.01. The van der Waals surface area contributed by atoms with Gasteiger partial charge in [0.05, 0.1) is 6.54 Å². The number of piperidine rings is 1. The van der Waals surface area contributed by atoms with E-state index in [-0.39, 0.29) is 24.4 Å². The number of nitrogens with one attached hydrogen (secondary N) is 1. The summed E-state index contributed by atoms with van der Waals surface area (Å²) in [5.41, 5.74) is 1.33. The zero-order chi connectivity index (χ0) is 18.2. The molecule has 0 unspecified atom stereocenters. The van der Waals surface area contributed by atoms with Gasteiger partial charge >= 0.3 is 0 Å². The van der Waals surface area contributed by atoms with Crippen molar-refractivity contribution in [2.24, 2.45) is 0 Å². The van der Waals surface area contributed by atoms with Crippen molar-refractivity contribution in [3.8, 4) is 0 Å². The maximum absolute atomic E-state index is 12.3. The van der Waals surface area contributed by atoms with Crippen LogP contribution in [0, 0.1) is 0 Å². The summed E-state index contributed by atoms with van der Waals surface area (Å²) in [7, 11) is 1.86. The normalized spacial score (nSPS) is 20.9. The van der Waals surface area contributed by atoms with E-state index >= 15 is 0 Å². The number of amides is 2. The minimum absolute atomic E-state index is 0.00170. The summed E-state index contributed by atoms with van der Waals surface area (Å²) in [4.78, 5) is 28.2. The van der Waals surface area contributed by atoms with Crippen LogP contribution in [-0.2, 0) is 16.1 Å². The Morgan fingerprint density at radius 3 is 2.64 bits per heavy atom. The fourth-order valence-corrected chi connectivity index (χ4v) is 3.42. The minimum atomic E-state index is -0.0460. The monoisotopic (exact) mass is 345 g/mol. The van der Waals surface area contributed by atoms with E-state index in [1.165, 1.54) is 5.56 Å². The molecule has 5 nitrogen and oxygen atoms in total. The highest BCUT2D eigenvalue weighted by atomic mass is 16.2. The van der Waals surface area contributed by atoms with Crippen molar-refractivity contribution in [1.29, 1.82) is 0 Å². The summed E-state index contributed by atoms with van der Waals surface area (Å²) < 4.78 is 0. The molecule has 138 valence electrons. The number of carbonyl (C=O) groups excluding carboxylic acids is 2. The van der Waals surface area contributed by atoms with Crippen LogP contribution in [0.25, 0.3) is 0 Å². The number of hydrogen-bond donors (Lipinski definition) is 1. The fourth-order valence-electron chi connectivity index (χ4n) is 3.42. The molecule has 0 spiro atoms. The Morgan fingerprint density at radius 2 is 2.00 bits per heavy atom. The number of hydrogen-bond acceptors (Lipinski definition) is 3. The third kappa shape index (κ3) is 5.85. The van der Waals surface area contributed by atoms with Gasteiger partial charge in [-0.2, -0.15) is 0 Å². The highest BCUT2D eigenvalue weighted by Gasteiger charge is 2.29. The lowest BCUT2D eigenvalue weighted by atomic mass is 9.96. The van der Waals surface area contributed by atoms with E-state index in [2.05, 4.69) is 41.4 Å². The third-order valence-corrected chi connectivity index (χ3v) is 5.07. The van der Waals surface area contributed by atoms with E-state index in [0.717, 1.165) is 32.4 Å². The molecule has 2 rings (SSSR count). The first-order chi connectivity index (χ1) is 12.0. The van der Waals surface area contributed by atoms with E-state index in [0.29, 0.717) is 12.5 Å². The molecule has 0 saturated carbocycles. The predicted molar refractivity (Wildman–Crippen MR) is 100 cm³/mol. The van der Waals surface area contributed by atoms with Crippen LogP contribution >= 0.6 is 0 Å². The van der Waals surface area contributed by atoms with E-state index < -0.39 is 0 Å². The molecule has 1 N–H and O–H groups in total. The molecule has 1 aliphatic heterocycles. The molecule has 1 fully saturated rings. The van der Waals surface area contributed by atoms with Gasteiger partial charge in [-0.25, -0.2) is 0 Å². The van der Waals surface area contributed by atoms with Crippen LogP contribution in [0.2, 0.25) is 0 Å². The van der Waals surface area contributed by atoms with Gasteiger partial charge in [0.2, 0.25) is 11.8 Å². The van der Waals surface area contributed by atoms with Gasteiger partial charge in [-0.3, -0.25) is 14.5 Å². The van der Waals surface area contributed by atoms with E-state index in [4.69, 9.17) is 0 Å². The fraction of sp³-hybridized carbons (Fsp3) is 0.600. The van der Waals surface area contributed by atoms with Gasteiger partial charge in [-0.15, -0.1) is 0 Å². The lowest BCUT2D eigenvalue weighted by Gasteiger charge is -2.41. The number of rotatable bonds is 7. The Labute approximate surface area is 151 Å². The third-order valence-electron chi connectivity index (χ3n) is 5.07. The number of nitrogens with zero attached hydrogens (tertiary/aromatic N) is 2. The van der Waals surface area contributed by atoms with Gasteiger partial charge < -0.3 is 10.2 Å². The van der Waals surface area contributed by atoms with E-state index in [1.54, 1.807) is 0 Å². The van der Waals surface area contributed by atoms with Crippen LogP contribution in [0.1, 0.15) is 45.1 Å². The van der Waals surface area contributed by atoms with Crippen molar-refractivity contribution < 1.29 is 9.59 Å². The smallest absolute Gasteiger partial charge is 0.241 e. The molecule has 0 aromatic heterocycles. The molecule has 0 radical (unpaired) electrons. The standard InChI is InChI=1S/C20H31N3O2/c1-4-8-19(24)21-14-20(25)22(3)18-11-12-23(16(2)13-18)15-17-9-6-5-7-10-17/h5-7,9-10,16,18H,4,8,11-15H2,1-3H3,(H,21,24)/t16-,18-/m1/s1. The summed E-state index contributed by atoms with van der Waals surface area (Å²) in [5.74, 6) is -0.0477. The Balaban J connectivity index is 1.80. The molecule has 1 aromatic carbocycles. The predicted octanol–water partition coefficient (Wildman–Crippen LogP) is 2.41. The second kappa shape index (κ2) is 9.56. The first-order valence-corrected chi connectivity index (χ1v) is 9.31. The van der Waals surface area contributed by atoms with Crippen LogP contribution in [0.5, 0.6) is 0 Å². The van der Waals surface area contributed by atoms with Gasteiger partial charge in [0, 0.05) is 38.6 Å². The molecule has 0 bridgehead atoms. The molecule has 25 heavy (non-hydrogen) atoms. The summed E-state index contributed by atoms with van der Waals surface area (Å²) >= 11 is 0. The minimum Gasteiger partial charge on any atom is -0.347 e. The van der Waals surface area contributed by atoms with Crippen LogP contribution in [0.15, 0.2) is 30.3 Å². The topological polar surface area (TPSA) is 52.7 Å². The molecular formula is C20H31N3O2. The molecule has 0 aliphatic carbocycles. The number of likely N-dealkylation sites (N-methyl/N-ethyl adjacent to an activating group) is 1. The number of likely N-dealkylation sites (tertiary alicyclic amines) is 1. The lowest BCUT2D eigenvalue weighted by Crippen LogP contribution is -2.50. The Kier molecular flexibility index (Phi) is 7.44. The van der Waals surface area contributed by atoms with Crippen molar-refractivity contribution in [1.82, 2.24) is 15.1 Å². The SMILES string of the molecule is CCCC(=O)NCC(=O)N(C)[C@@H]1CCN(Cc2ccccc2)[C@H](C)C1. The Bertz CT molecular complexity index is 561. The average Bonchev–Trinajstić information content (AvgIpc) is 2.62. The first-order valence-electron chi connectivity index (χ1n) is 9.31. The number of carbonyl (C=O) groups is 2. The highest BCUT2D eigenvalue weighted by molar-refractivity contribution is 5.84. The van der Waals surface area contributed by atoms with Gasteiger partial charge in [0.25, 0.3) is 0 Å². The molecular weight excluding hydrogens is 314 g/mol. The van der Waals surface area contributed by atoms with Gasteiger partial charge in [0.1, 0.15) is 0 Å². The van der Waals surface area contributed by atoms with Crippen LogP contribution in [-0.4, -0.2) is 53.8 Å². The average molecular weight is 345 g/mol. The Morgan fingerprint density at radius 1 is 1.28 bits per heavy atom. The Hall–Kier alpha value is -1.88. The molecule has 5 heteroatoms. The summed E-state index contributed by atoms with van der Waals surface area (Å²) in [6.07, 6.45) is 3.22. The lowest BCUT2D eigenvalue weighted by molar-refractivity contribution is -0.134. The summed E-state index contributed by atoms with van der Waals surface area (Å²) in [6.45, 7) is 6.24. The van der Waals surface area contributed by atoms with Gasteiger partial charge in [0.15, 0.2) is 0 Å². The maximum Gasteiger partial charge on any atom is 0.241 e. The van der Waals surface area contributed by atoms with Crippen molar-refractivity contribution >= 4 is 11.8 Å². The molecule has 1 heterocycles.